The molecule has 0 unspecified atom stereocenters. The molecule has 2 heterocycles. The molecule has 0 atom stereocenters. The van der Waals surface area contributed by atoms with Gasteiger partial charge in [-0.05, 0) is 36.6 Å². The van der Waals surface area contributed by atoms with E-state index in [1.807, 2.05) is 23.2 Å². The minimum atomic E-state index is -4.57. The molecule has 192 valence electrons. The SMILES string of the molecule is CC(C)CCN(/C=C\N)CC#Cc1ccc(N2CCN(C(=O)c3ccccc3C(F)(F)F)CC2)nc1. The zero-order valence-corrected chi connectivity index (χ0v) is 20.6. The van der Waals surface area contributed by atoms with E-state index >= 15 is 0 Å². The summed E-state index contributed by atoms with van der Waals surface area (Å²) in [6.45, 7) is 7.39. The van der Waals surface area contributed by atoms with Gasteiger partial charge in [0.25, 0.3) is 5.91 Å². The summed E-state index contributed by atoms with van der Waals surface area (Å²) < 4.78 is 39.9. The number of hydrogen-bond acceptors (Lipinski definition) is 5. The molecule has 6 nitrogen and oxygen atoms in total. The van der Waals surface area contributed by atoms with Crippen molar-refractivity contribution < 1.29 is 18.0 Å². The monoisotopic (exact) mass is 499 g/mol. The van der Waals surface area contributed by atoms with Crippen molar-refractivity contribution in [2.24, 2.45) is 11.7 Å². The van der Waals surface area contributed by atoms with E-state index in [-0.39, 0.29) is 5.56 Å². The number of hydrogen-bond donors (Lipinski definition) is 1. The van der Waals surface area contributed by atoms with Crippen LogP contribution in [0.25, 0.3) is 0 Å². The summed E-state index contributed by atoms with van der Waals surface area (Å²) in [5.41, 5.74) is 5.10. The Morgan fingerprint density at radius 3 is 2.50 bits per heavy atom. The lowest BCUT2D eigenvalue weighted by Gasteiger charge is -2.35. The van der Waals surface area contributed by atoms with Gasteiger partial charge in [0.05, 0.1) is 17.7 Å². The van der Waals surface area contributed by atoms with Crippen molar-refractivity contribution in [1.29, 1.82) is 0 Å². The van der Waals surface area contributed by atoms with E-state index in [0.29, 0.717) is 38.6 Å². The second kappa shape index (κ2) is 12.3. The van der Waals surface area contributed by atoms with Crippen molar-refractivity contribution in [2.75, 3.05) is 44.2 Å². The predicted octanol–water partition coefficient (Wildman–Crippen LogP) is 4.19. The first kappa shape index (κ1) is 26.9. The zero-order valence-electron chi connectivity index (χ0n) is 20.6. The summed E-state index contributed by atoms with van der Waals surface area (Å²) in [6, 6.07) is 8.67. The largest absolute Gasteiger partial charge is 0.417 e. The lowest BCUT2D eigenvalue weighted by molar-refractivity contribution is -0.138. The average molecular weight is 500 g/mol. The first-order chi connectivity index (χ1) is 17.2. The molecular weight excluding hydrogens is 467 g/mol. The van der Waals surface area contributed by atoms with Gasteiger partial charge in [-0.2, -0.15) is 13.2 Å². The number of halogens is 3. The van der Waals surface area contributed by atoms with Crippen LogP contribution in [-0.2, 0) is 6.18 Å². The number of piperazine rings is 1. The molecule has 36 heavy (non-hydrogen) atoms. The van der Waals surface area contributed by atoms with E-state index in [0.717, 1.165) is 30.4 Å². The molecule has 0 saturated carbocycles. The van der Waals surface area contributed by atoms with Gasteiger partial charge in [0.1, 0.15) is 5.82 Å². The highest BCUT2D eigenvalue weighted by Gasteiger charge is 2.36. The lowest BCUT2D eigenvalue weighted by Crippen LogP contribution is -2.49. The molecule has 1 aliphatic heterocycles. The Balaban J connectivity index is 1.56. The van der Waals surface area contributed by atoms with Crippen LogP contribution in [0, 0.1) is 17.8 Å². The summed E-state index contributed by atoms with van der Waals surface area (Å²) in [5.74, 6) is 7.00. The average Bonchev–Trinajstić information content (AvgIpc) is 2.87. The van der Waals surface area contributed by atoms with Crippen LogP contribution in [0.15, 0.2) is 55.0 Å². The molecule has 0 aliphatic carbocycles. The second-order valence-electron chi connectivity index (χ2n) is 9.02. The van der Waals surface area contributed by atoms with E-state index < -0.39 is 17.6 Å². The van der Waals surface area contributed by atoms with Gasteiger partial charge >= 0.3 is 6.18 Å². The van der Waals surface area contributed by atoms with Crippen molar-refractivity contribution >= 4 is 11.7 Å². The Morgan fingerprint density at radius 1 is 1.17 bits per heavy atom. The van der Waals surface area contributed by atoms with E-state index in [4.69, 9.17) is 5.73 Å². The topological polar surface area (TPSA) is 65.7 Å². The molecule has 2 N–H and O–H groups in total. The summed E-state index contributed by atoms with van der Waals surface area (Å²) in [6.07, 6.45) is 1.54. The van der Waals surface area contributed by atoms with Crippen LogP contribution in [-0.4, -0.2) is 60.0 Å². The molecule has 3 rings (SSSR count). The molecule has 2 aromatic rings. The fourth-order valence-corrected chi connectivity index (χ4v) is 3.87. The number of alkyl halides is 3. The number of carbonyl (C=O) groups is 1. The van der Waals surface area contributed by atoms with Gasteiger partial charge in [-0.15, -0.1) is 0 Å². The molecule has 1 aromatic carbocycles. The number of benzene rings is 1. The fourth-order valence-electron chi connectivity index (χ4n) is 3.87. The summed E-state index contributed by atoms with van der Waals surface area (Å²) in [7, 11) is 0. The second-order valence-corrected chi connectivity index (χ2v) is 9.02. The van der Waals surface area contributed by atoms with Gasteiger partial charge in [-0.1, -0.05) is 37.8 Å². The van der Waals surface area contributed by atoms with Gasteiger partial charge < -0.3 is 20.4 Å². The molecule has 0 bridgehead atoms. The third-order valence-electron chi connectivity index (χ3n) is 5.91. The third kappa shape index (κ3) is 7.41. The molecule has 1 fully saturated rings. The Kier molecular flexibility index (Phi) is 9.23. The third-order valence-corrected chi connectivity index (χ3v) is 5.91. The highest BCUT2D eigenvalue weighted by atomic mass is 19.4. The number of pyridine rings is 1. The molecule has 9 heteroatoms. The zero-order chi connectivity index (χ0) is 26.1. The highest BCUT2D eigenvalue weighted by molar-refractivity contribution is 5.96. The molecule has 1 aliphatic rings. The Hall–Kier alpha value is -3.67. The van der Waals surface area contributed by atoms with Gasteiger partial charge in [0.15, 0.2) is 0 Å². The number of carbonyl (C=O) groups excluding carboxylic acids is 1. The van der Waals surface area contributed by atoms with Crippen LogP contribution in [0.5, 0.6) is 0 Å². The van der Waals surface area contributed by atoms with Crippen molar-refractivity contribution in [3.8, 4) is 11.8 Å². The highest BCUT2D eigenvalue weighted by Crippen LogP contribution is 2.32. The van der Waals surface area contributed by atoms with Crippen molar-refractivity contribution in [2.45, 2.75) is 26.4 Å². The van der Waals surface area contributed by atoms with Gasteiger partial charge in [0.2, 0.25) is 0 Å². The minimum absolute atomic E-state index is 0.315. The number of nitrogens with zero attached hydrogens (tertiary/aromatic N) is 4. The van der Waals surface area contributed by atoms with Gasteiger partial charge in [-0.25, -0.2) is 4.98 Å². The maximum atomic E-state index is 13.3. The van der Waals surface area contributed by atoms with E-state index in [2.05, 4.69) is 35.6 Å². The maximum absolute atomic E-state index is 13.3. The Morgan fingerprint density at radius 2 is 1.89 bits per heavy atom. The van der Waals surface area contributed by atoms with Crippen molar-refractivity contribution in [1.82, 2.24) is 14.8 Å². The molecular formula is C27H32F3N5O. The number of anilines is 1. The van der Waals surface area contributed by atoms with E-state index in [1.54, 1.807) is 6.20 Å². The first-order valence-electron chi connectivity index (χ1n) is 12.0. The van der Waals surface area contributed by atoms with Crippen LogP contribution in [0.4, 0.5) is 19.0 Å². The number of rotatable bonds is 7. The summed E-state index contributed by atoms with van der Waals surface area (Å²) in [4.78, 5) is 22.8. The number of nitrogens with two attached hydrogens (primary N) is 1. The number of amides is 1. The minimum Gasteiger partial charge on any atom is -0.403 e. The van der Waals surface area contributed by atoms with Crippen LogP contribution < -0.4 is 10.6 Å². The van der Waals surface area contributed by atoms with Gasteiger partial charge in [0, 0.05) is 56.9 Å². The Bertz CT molecular complexity index is 1090. The van der Waals surface area contributed by atoms with E-state index in [1.165, 1.54) is 29.3 Å². The first-order valence-corrected chi connectivity index (χ1v) is 12.0. The molecule has 1 aromatic heterocycles. The van der Waals surface area contributed by atoms with Gasteiger partial charge in [-0.3, -0.25) is 4.79 Å². The molecule has 0 spiro atoms. The van der Waals surface area contributed by atoms with Crippen LogP contribution >= 0.6 is 0 Å². The normalized spacial score (nSPS) is 14.2. The molecule has 1 amide bonds. The Labute approximate surface area is 210 Å². The summed E-state index contributed by atoms with van der Waals surface area (Å²) in [5, 5.41) is 0. The van der Waals surface area contributed by atoms with Crippen molar-refractivity contribution in [3.63, 3.8) is 0 Å². The number of aromatic nitrogens is 1. The van der Waals surface area contributed by atoms with Crippen LogP contribution in [0.1, 0.15) is 41.8 Å². The maximum Gasteiger partial charge on any atom is 0.417 e. The molecule has 0 radical (unpaired) electrons. The predicted molar refractivity (Wildman–Crippen MR) is 135 cm³/mol. The standard InChI is InChI=1S/C27H32F3N5O/c1-21(2)11-14-33(15-12-31)13-5-6-22-9-10-25(32-20-22)34-16-18-35(19-17-34)26(36)23-7-3-4-8-24(23)27(28,29)30/h3-4,7-10,12,15,20-21H,11,13-14,16-19,31H2,1-2H3/b15-12-. The van der Waals surface area contributed by atoms with E-state index in [9.17, 15) is 18.0 Å². The quantitative estimate of drug-likeness (QED) is 0.579. The molecule has 1 saturated heterocycles. The lowest BCUT2D eigenvalue weighted by atomic mass is 10.1. The fraction of sp³-hybridized carbons (Fsp3) is 0.407. The summed E-state index contributed by atoms with van der Waals surface area (Å²) >= 11 is 0. The van der Waals surface area contributed by atoms with Crippen LogP contribution in [0.3, 0.4) is 0 Å². The smallest absolute Gasteiger partial charge is 0.403 e. The van der Waals surface area contributed by atoms with Crippen LogP contribution in [0.2, 0.25) is 0 Å². The van der Waals surface area contributed by atoms with Crippen molar-refractivity contribution in [3.05, 3.63) is 71.7 Å².